The Bertz CT molecular complexity index is 853. The number of hydrogen-bond donors (Lipinski definition) is 0. The number of amides is 1. The number of para-hydroxylation sites is 1. The van der Waals surface area contributed by atoms with Crippen LogP contribution >= 0.6 is 11.6 Å². The second kappa shape index (κ2) is 8.29. The highest BCUT2D eigenvalue weighted by Crippen LogP contribution is 2.32. The quantitative estimate of drug-likeness (QED) is 0.771. The molecule has 2 aromatic rings. The Labute approximate surface area is 170 Å². The number of piperazine rings is 1. The molecule has 0 aliphatic carbocycles. The van der Waals surface area contributed by atoms with Gasteiger partial charge in [-0.2, -0.15) is 0 Å². The standard InChI is InChI=1S/C21H24ClN3O3/c1-23(13-16-6-7-19-20(12-16)28-15-27-19)14-21(26)25-10-8-24(9-11-25)18-5-3-2-4-17(18)22/h2-7,12H,8-11,13-15H2,1H3. The third-order valence-corrected chi connectivity index (χ3v) is 5.44. The number of benzene rings is 2. The fourth-order valence-corrected chi connectivity index (χ4v) is 3.90. The van der Waals surface area contributed by atoms with E-state index in [4.69, 9.17) is 21.1 Å². The van der Waals surface area contributed by atoms with Crippen LogP contribution in [0.2, 0.25) is 5.02 Å². The van der Waals surface area contributed by atoms with Crippen LogP contribution < -0.4 is 14.4 Å². The molecule has 6 nitrogen and oxygen atoms in total. The Hall–Kier alpha value is -2.44. The Balaban J connectivity index is 1.28. The van der Waals surface area contributed by atoms with Crippen molar-refractivity contribution >= 4 is 23.2 Å². The van der Waals surface area contributed by atoms with Gasteiger partial charge >= 0.3 is 0 Å². The normalized spacial score (nSPS) is 16.0. The minimum atomic E-state index is 0.155. The maximum Gasteiger partial charge on any atom is 0.236 e. The predicted octanol–water partition coefficient (Wildman–Crippen LogP) is 2.85. The first-order valence-corrected chi connectivity index (χ1v) is 9.82. The summed E-state index contributed by atoms with van der Waals surface area (Å²) in [7, 11) is 1.96. The van der Waals surface area contributed by atoms with Crippen LogP contribution in [-0.4, -0.2) is 62.3 Å². The molecule has 0 N–H and O–H groups in total. The van der Waals surface area contributed by atoms with Crippen molar-refractivity contribution in [2.24, 2.45) is 0 Å². The van der Waals surface area contributed by atoms with E-state index in [1.54, 1.807) is 0 Å². The van der Waals surface area contributed by atoms with E-state index in [1.165, 1.54) is 0 Å². The van der Waals surface area contributed by atoms with Gasteiger partial charge in [-0.3, -0.25) is 9.69 Å². The van der Waals surface area contributed by atoms with Crippen LogP contribution in [0.3, 0.4) is 0 Å². The number of hydrogen-bond acceptors (Lipinski definition) is 5. The lowest BCUT2D eigenvalue weighted by molar-refractivity contribution is -0.132. The third kappa shape index (κ3) is 4.18. The molecule has 148 valence electrons. The average molecular weight is 402 g/mol. The molecule has 2 aliphatic heterocycles. The van der Waals surface area contributed by atoms with Gasteiger partial charge in [0.25, 0.3) is 0 Å². The van der Waals surface area contributed by atoms with E-state index in [2.05, 4.69) is 4.90 Å². The predicted molar refractivity (Wildman–Crippen MR) is 109 cm³/mol. The topological polar surface area (TPSA) is 45.3 Å². The van der Waals surface area contributed by atoms with E-state index in [-0.39, 0.29) is 12.7 Å². The van der Waals surface area contributed by atoms with Crippen molar-refractivity contribution in [1.82, 2.24) is 9.80 Å². The van der Waals surface area contributed by atoms with Gasteiger partial charge in [-0.05, 0) is 36.9 Å². The minimum Gasteiger partial charge on any atom is -0.454 e. The summed E-state index contributed by atoms with van der Waals surface area (Å²) in [6, 6.07) is 13.8. The number of fused-ring (bicyclic) bond motifs is 1. The summed E-state index contributed by atoms with van der Waals surface area (Å²) in [6.45, 7) is 4.35. The lowest BCUT2D eigenvalue weighted by atomic mass is 10.2. The SMILES string of the molecule is CN(CC(=O)N1CCN(c2ccccc2Cl)CC1)Cc1ccc2c(c1)OCO2. The molecular formula is C21H24ClN3O3. The zero-order valence-corrected chi connectivity index (χ0v) is 16.7. The van der Waals surface area contributed by atoms with Crippen molar-refractivity contribution < 1.29 is 14.3 Å². The Morgan fingerprint density at radius 1 is 1.07 bits per heavy atom. The highest BCUT2D eigenvalue weighted by atomic mass is 35.5. The second-order valence-corrected chi connectivity index (χ2v) is 7.59. The lowest BCUT2D eigenvalue weighted by Crippen LogP contribution is -2.51. The molecule has 0 unspecified atom stereocenters. The van der Waals surface area contributed by atoms with E-state index >= 15 is 0 Å². The first-order chi connectivity index (χ1) is 13.6. The molecule has 2 aromatic carbocycles. The van der Waals surface area contributed by atoms with E-state index < -0.39 is 0 Å². The van der Waals surface area contributed by atoms with Crippen LogP contribution in [0.1, 0.15) is 5.56 Å². The van der Waals surface area contributed by atoms with E-state index in [9.17, 15) is 4.79 Å². The molecule has 0 saturated carbocycles. The summed E-state index contributed by atoms with van der Waals surface area (Å²) < 4.78 is 10.8. The zero-order valence-electron chi connectivity index (χ0n) is 15.9. The van der Waals surface area contributed by atoms with Crippen LogP contribution in [0.4, 0.5) is 5.69 Å². The molecule has 28 heavy (non-hydrogen) atoms. The van der Waals surface area contributed by atoms with Gasteiger partial charge in [-0.25, -0.2) is 0 Å². The van der Waals surface area contributed by atoms with Crippen molar-refractivity contribution in [3.8, 4) is 11.5 Å². The second-order valence-electron chi connectivity index (χ2n) is 7.18. The minimum absolute atomic E-state index is 0.155. The number of anilines is 1. The van der Waals surface area contributed by atoms with Gasteiger partial charge in [0, 0.05) is 32.7 Å². The van der Waals surface area contributed by atoms with Gasteiger partial charge < -0.3 is 19.3 Å². The van der Waals surface area contributed by atoms with Crippen LogP contribution in [0.25, 0.3) is 0 Å². The highest BCUT2D eigenvalue weighted by Gasteiger charge is 2.23. The fraction of sp³-hybridized carbons (Fsp3) is 0.381. The summed E-state index contributed by atoms with van der Waals surface area (Å²) >= 11 is 6.29. The van der Waals surface area contributed by atoms with E-state index in [0.29, 0.717) is 26.2 Å². The number of carbonyl (C=O) groups is 1. The van der Waals surface area contributed by atoms with E-state index in [1.807, 2.05) is 59.3 Å². The molecule has 0 bridgehead atoms. The Morgan fingerprint density at radius 2 is 1.82 bits per heavy atom. The Morgan fingerprint density at radius 3 is 2.61 bits per heavy atom. The molecule has 0 radical (unpaired) electrons. The first kappa shape index (κ1) is 18.9. The lowest BCUT2D eigenvalue weighted by Gasteiger charge is -2.37. The molecule has 4 rings (SSSR count). The number of nitrogens with zero attached hydrogens (tertiary/aromatic N) is 3. The number of rotatable bonds is 5. The van der Waals surface area contributed by atoms with Crippen LogP contribution in [0, 0.1) is 0 Å². The van der Waals surface area contributed by atoms with Crippen molar-refractivity contribution in [3.63, 3.8) is 0 Å². The Kier molecular flexibility index (Phi) is 5.59. The molecule has 0 atom stereocenters. The molecule has 2 heterocycles. The van der Waals surface area contributed by atoms with Crippen LogP contribution in [0.5, 0.6) is 11.5 Å². The summed E-state index contributed by atoms with van der Waals surface area (Å²) in [4.78, 5) is 18.9. The maximum atomic E-state index is 12.7. The van der Waals surface area contributed by atoms with Gasteiger partial charge in [0.1, 0.15) is 0 Å². The fourth-order valence-electron chi connectivity index (χ4n) is 3.64. The van der Waals surface area contributed by atoms with E-state index in [0.717, 1.165) is 40.9 Å². The third-order valence-electron chi connectivity index (χ3n) is 5.12. The van der Waals surface area contributed by atoms with Gasteiger partial charge in [-0.15, -0.1) is 0 Å². The van der Waals surface area contributed by atoms with Gasteiger partial charge in [0.05, 0.1) is 17.3 Å². The number of likely N-dealkylation sites (N-methyl/N-ethyl adjacent to an activating group) is 1. The molecule has 7 heteroatoms. The largest absolute Gasteiger partial charge is 0.454 e. The van der Waals surface area contributed by atoms with Crippen molar-refractivity contribution in [3.05, 3.63) is 53.1 Å². The van der Waals surface area contributed by atoms with Crippen molar-refractivity contribution in [2.75, 3.05) is 51.5 Å². The maximum absolute atomic E-state index is 12.7. The van der Waals surface area contributed by atoms with Crippen molar-refractivity contribution in [2.45, 2.75) is 6.54 Å². The summed E-state index contributed by atoms with van der Waals surface area (Å²) in [5, 5.41) is 0.755. The molecular weight excluding hydrogens is 378 g/mol. The molecule has 0 spiro atoms. The average Bonchev–Trinajstić information content (AvgIpc) is 3.16. The van der Waals surface area contributed by atoms with Crippen LogP contribution in [-0.2, 0) is 11.3 Å². The number of carbonyl (C=O) groups excluding carboxylic acids is 1. The van der Waals surface area contributed by atoms with Crippen LogP contribution in [0.15, 0.2) is 42.5 Å². The molecule has 1 amide bonds. The number of ether oxygens (including phenoxy) is 2. The summed E-state index contributed by atoms with van der Waals surface area (Å²) in [6.07, 6.45) is 0. The summed E-state index contributed by atoms with van der Waals surface area (Å²) in [5.74, 6) is 1.70. The molecule has 1 saturated heterocycles. The molecule has 0 aromatic heterocycles. The first-order valence-electron chi connectivity index (χ1n) is 9.44. The van der Waals surface area contributed by atoms with Gasteiger partial charge in [0.15, 0.2) is 11.5 Å². The van der Waals surface area contributed by atoms with Crippen molar-refractivity contribution in [1.29, 1.82) is 0 Å². The highest BCUT2D eigenvalue weighted by molar-refractivity contribution is 6.33. The zero-order chi connectivity index (χ0) is 19.5. The monoisotopic (exact) mass is 401 g/mol. The smallest absolute Gasteiger partial charge is 0.236 e. The molecule has 2 aliphatic rings. The number of halogens is 1. The van der Waals surface area contributed by atoms with Gasteiger partial charge in [0.2, 0.25) is 12.7 Å². The van der Waals surface area contributed by atoms with Gasteiger partial charge in [-0.1, -0.05) is 29.8 Å². The molecule has 1 fully saturated rings. The summed E-state index contributed by atoms with van der Waals surface area (Å²) in [5.41, 5.74) is 2.14.